The van der Waals surface area contributed by atoms with Gasteiger partial charge < -0.3 is 5.32 Å². The molecule has 20 heavy (non-hydrogen) atoms. The molecule has 0 bridgehead atoms. The van der Waals surface area contributed by atoms with Crippen LogP contribution in [0.3, 0.4) is 0 Å². The summed E-state index contributed by atoms with van der Waals surface area (Å²) in [6.45, 7) is 0. The van der Waals surface area contributed by atoms with Crippen molar-refractivity contribution in [3.8, 4) is 0 Å². The third-order valence-electron chi connectivity index (χ3n) is 2.42. The number of nitrogens with one attached hydrogen (secondary N) is 1. The van der Waals surface area contributed by atoms with Gasteiger partial charge in [0.05, 0.1) is 5.56 Å². The van der Waals surface area contributed by atoms with Gasteiger partial charge in [-0.3, -0.25) is 4.79 Å². The van der Waals surface area contributed by atoms with Crippen molar-refractivity contribution in [3.63, 3.8) is 0 Å². The summed E-state index contributed by atoms with van der Waals surface area (Å²) in [6, 6.07) is 6.28. The van der Waals surface area contributed by atoms with Gasteiger partial charge in [-0.1, -0.05) is 6.07 Å². The molecule has 104 valence electrons. The largest absolute Gasteiger partial charge is 0.416 e. The molecule has 7 heteroatoms. The van der Waals surface area contributed by atoms with Crippen LogP contribution < -0.4 is 5.32 Å². The summed E-state index contributed by atoms with van der Waals surface area (Å²) >= 11 is 0. The van der Waals surface area contributed by atoms with E-state index in [1.807, 2.05) is 0 Å². The van der Waals surface area contributed by atoms with Gasteiger partial charge in [0, 0.05) is 11.8 Å². The molecule has 0 radical (unpaired) electrons. The normalized spacial score (nSPS) is 11.2. The van der Waals surface area contributed by atoms with Crippen molar-refractivity contribution in [1.82, 2.24) is 4.98 Å². The van der Waals surface area contributed by atoms with E-state index < -0.39 is 23.5 Å². The van der Waals surface area contributed by atoms with Crippen LogP contribution in [0.25, 0.3) is 0 Å². The number of hydrogen-bond donors (Lipinski definition) is 1. The molecule has 0 unspecified atom stereocenters. The first-order valence-electron chi connectivity index (χ1n) is 5.46. The van der Waals surface area contributed by atoms with E-state index in [4.69, 9.17) is 0 Å². The first-order chi connectivity index (χ1) is 9.36. The summed E-state index contributed by atoms with van der Waals surface area (Å²) < 4.78 is 50.4. The summed E-state index contributed by atoms with van der Waals surface area (Å²) in [7, 11) is 0. The van der Waals surface area contributed by atoms with Gasteiger partial charge in [0.1, 0.15) is 11.6 Å². The van der Waals surface area contributed by atoms with Gasteiger partial charge in [0.2, 0.25) is 0 Å². The smallest absolute Gasteiger partial charge is 0.307 e. The lowest BCUT2D eigenvalue weighted by atomic mass is 10.2. The van der Waals surface area contributed by atoms with Crippen LogP contribution in [0.1, 0.15) is 15.9 Å². The number of hydrogen-bond acceptors (Lipinski definition) is 2. The van der Waals surface area contributed by atoms with Crippen LogP contribution in [-0.4, -0.2) is 10.9 Å². The van der Waals surface area contributed by atoms with E-state index in [-0.39, 0.29) is 11.4 Å². The maximum Gasteiger partial charge on any atom is 0.416 e. The molecule has 1 heterocycles. The van der Waals surface area contributed by atoms with E-state index in [2.05, 4.69) is 10.3 Å². The summed E-state index contributed by atoms with van der Waals surface area (Å²) in [5.41, 5.74) is -0.939. The molecule has 0 spiro atoms. The van der Waals surface area contributed by atoms with E-state index in [0.29, 0.717) is 6.07 Å². The molecule has 0 fully saturated rings. The number of alkyl halides is 3. The maximum absolute atomic E-state index is 12.9. The monoisotopic (exact) mass is 284 g/mol. The van der Waals surface area contributed by atoms with Gasteiger partial charge in [-0.25, -0.2) is 9.37 Å². The zero-order chi connectivity index (χ0) is 14.8. The molecule has 0 aliphatic rings. The molecule has 0 saturated carbocycles. The summed E-state index contributed by atoms with van der Waals surface area (Å²) in [5, 5.41) is 2.18. The Hall–Kier alpha value is -2.44. The van der Waals surface area contributed by atoms with Crippen molar-refractivity contribution in [2.75, 3.05) is 5.32 Å². The van der Waals surface area contributed by atoms with Gasteiger partial charge in [-0.15, -0.1) is 0 Å². The highest BCUT2D eigenvalue weighted by molar-refractivity contribution is 6.03. The number of carbonyl (C=O) groups is 1. The summed E-state index contributed by atoms with van der Waals surface area (Å²) in [5.74, 6) is -1.61. The van der Waals surface area contributed by atoms with Crippen LogP contribution in [0.4, 0.5) is 23.4 Å². The number of carbonyl (C=O) groups excluding carboxylic acids is 1. The SMILES string of the molecule is O=C(Nc1cc(C(F)(F)F)ccn1)c1cccc(F)c1. The van der Waals surface area contributed by atoms with E-state index >= 15 is 0 Å². The topological polar surface area (TPSA) is 42.0 Å². The Labute approximate surface area is 111 Å². The number of halogens is 4. The predicted molar refractivity (Wildman–Crippen MR) is 63.6 cm³/mol. The average molecular weight is 284 g/mol. The van der Waals surface area contributed by atoms with E-state index in [1.165, 1.54) is 12.1 Å². The highest BCUT2D eigenvalue weighted by atomic mass is 19.4. The number of nitrogens with zero attached hydrogens (tertiary/aromatic N) is 1. The third kappa shape index (κ3) is 3.31. The molecule has 0 atom stereocenters. The van der Waals surface area contributed by atoms with Crippen molar-refractivity contribution in [2.24, 2.45) is 0 Å². The van der Waals surface area contributed by atoms with Crippen LogP contribution in [0.15, 0.2) is 42.6 Å². The van der Waals surface area contributed by atoms with Gasteiger partial charge in [0.15, 0.2) is 0 Å². The number of benzene rings is 1. The highest BCUT2D eigenvalue weighted by Gasteiger charge is 2.30. The van der Waals surface area contributed by atoms with Crippen molar-refractivity contribution in [1.29, 1.82) is 0 Å². The number of pyridine rings is 1. The second-order valence-corrected chi connectivity index (χ2v) is 3.89. The Morgan fingerprint density at radius 1 is 1.15 bits per heavy atom. The van der Waals surface area contributed by atoms with Crippen LogP contribution in [0.5, 0.6) is 0 Å². The fourth-order valence-corrected chi connectivity index (χ4v) is 1.49. The Bertz CT molecular complexity index is 640. The molecule has 0 saturated heterocycles. The molecule has 1 aromatic heterocycles. The quantitative estimate of drug-likeness (QED) is 0.858. The highest BCUT2D eigenvalue weighted by Crippen LogP contribution is 2.29. The van der Waals surface area contributed by atoms with Crippen LogP contribution in [0, 0.1) is 5.82 Å². The lowest BCUT2D eigenvalue weighted by Crippen LogP contribution is -2.14. The second-order valence-electron chi connectivity index (χ2n) is 3.89. The standard InChI is InChI=1S/C13H8F4N2O/c14-10-3-1-2-8(6-10)12(20)19-11-7-9(4-5-18-11)13(15,16)17/h1-7H,(H,18,19,20). The fourth-order valence-electron chi connectivity index (χ4n) is 1.49. The van der Waals surface area contributed by atoms with Crippen molar-refractivity contribution in [3.05, 3.63) is 59.5 Å². The summed E-state index contributed by atoms with van der Waals surface area (Å²) in [6.07, 6.45) is -3.59. The molecule has 0 aliphatic carbocycles. The van der Waals surface area contributed by atoms with Crippen molar-refractivity contribution in [2.45, 2.75) is 6.18 Å². The Morgan fingerprint density at radius 2 is 1.90 bits per heavy atom. The number of aromatic nitrogens is 1. The molecular weight excluding hydrogens is 276 g/mol. The van der Waals surface area contributed by atoms with E-state index in [1.54, 1.807) is 0 Å². The molecule has 0 aliphatic heterocycles. The molecule has 2 aromatic rings. The van der Waals surface area contributed by atoms with Gasteiger partial charge >= 0.3 is 6.18 Å². The first-order valence-corrected chi connectivity index (χ1v) is 5.46. The number of rotatable bonds is 2. The molecule has 3 nitrogen and oxygen atoms in total. The fraction of sp³-hybridized carbons (Fsp3) is 0.0769. The minimum atomic E-state index is -4.53. The lowest BCUT2D eigenvalue weighted by Gasteiger charge is -2.09. The number of anilines is 1. The summed E-state index contributed by atoms with van der Waals surface area (Å²) in [4.78, 5) is 15.3. The van der Waals surface area contributed by atoms with Crippen LogP contribution >= 0.6 is 0 Å². The molecule has 1 aromatic carbocycles. The molecule has 1 amide bonds. The number of amides is 1. The van der Waals surface area contributed by atoms with Gasteiger partial charge in [-0.05, 0) is 30.3 Å². The van der Waals surface area contributed by atoms with E-state index in [0.717, 1.165) is 24.4 Å². The molecule has 2 rings (SSSR count). The van der Waals surface area contributed by atoms with E-state index in [9.17, 15) is 22.4 Å². The molecular formula is C13H8F4N2O. The Balaban J connectivity index is 2.20. The zero-order valence-corrected chi connectivity index (χ0v) is 9.91. The zero-order valence-electron chi connectivity index (χ0n) is 9.91. The van der Waals surface area contributed by atoms with Crippen LogP contribution in [-0.2, 0) is 6.18 Å². The van der Waals surface area contributed by atoms with Gasteiger partial charge in [0.25, 0.3) is 5.91 Å². The van der Waals surface area contributed by atoms with Gasteiger partial charge in [-0.2, -0.15) is 13.2 Å². The first kappa shape index (κ1) is 14.0. The minimum Gasteiger partial charge on any atom is -0.307 e. The Morgan fingerprint density at radius 3 is 2.55 bits per heavy atom. The maximum atomic E-state index is 12.9. The van der Waals surface area contributed by atoms with Crippen molar-refractivity contribution < 1.29 is 22.4 Å². The average Bonchev–Trinajstić information content (AvgIpc) is 2.38. The minimum absolute atomic E-state index is 0.00999. The third-order valence-corrected chi connectivity index (χ3v) is 2.42. The van der Waals surface area contributed by atoms with Crippen molar-refractivity contribution >= 4 is 11.7 Å². The molecule has 1 N–H and O–H groups in total. The Kier molecular flexibility index (Phi) is 3.69. The van der Waals surface area contributed by atoms with Crippen LogP contribution in [0.2, 0.25) is 0 Å². The predicted octanol–water partition coefficient (Wildman–Crippen LogP) is 3.49. The second kappa shape index (κ2) is 5.28. The lowest BCUT2D eigenvalue weighted by molar-refractivity contribution is -0.137.